The molecule has 6 heteroatoms. The SMILES string of the molecule is CC/C=C/C/C=C/C/C=C/C/C=C/CCCC(CC(=O)NC(CO)C(O)CCCCCCCCCCCCCCC)OC(=O)CCCCCCCCC/C=C\CCCCCC. The summed E-state index contributed by atoms with van der Waals surface area (Å²) in [5, 5.41) is 23.8. The standard InChI is InChI=1S/C55H99NO5/c1-4-7-10-13-16-19-22-25-27-30-33-36-39-42-45-48-55(60)61-51(46-43-40-37-34-31-29-26-23-20-17-14-11-8-5-2)49-54(59)56-52(50-57)53(58)47-44-41-38-35-32-28-24-21-18-15-12-9-6-3/h8,11,17,19-20,22,26,29,34,37,51-53,57-58H,4-7,9-10,12-16,18,21,23-25,27-28,30-33,35-36,38-50H2,1-3H3,(H,56,59)/b11-8+,20-17+,22-19-,29-26+,37-34+. The van der Waals surface area contributed by atoms with E-state index in [4.69, 9.17) is 4.74 Å². The fourth-order valence-corrected chi connectivity index (χ4v) is 7.66. The van der Waals surface area contributed by atoms with Crippen molar-refractivity contribution in [2.24, 2.45) is 0 Å². The summed E-state index contributed by atoms with van der Waals surface area (Å²) in [6, 6.07) is -0.720. The summed E-state index contributed by atoms with van der Waals surface area (Å²) in [5.74, 6) is -0.531. The van der Waals surface area contributed by atoms with Crippen LogP contribution in [-0.2, 0) is 14.3 Å². The Morgan fingerprint density at radius 2 is 0.902 bits per heavy atom. The number of rotatable bonds is 46. The highest BCUT2D eigenvalue weighted by atomic mass is 16.5. The Kier molecular flexibility index (Phi) is 46.6. The number of aliphatic hydroxyl groups is 2. The number of carbonyl (C=O) groups excluding carboxylic acids is 2. The van der Waals surface area contributed by atoms with E-state index >= 15 is 0 Å². The molecule has 0 aliphatic rings. The van der Waals surface area contributed by atoms with E-state index in [1.54, 1.807) is 0 Å². The van der Waals surface area contributed by atoms with Crippen LogP contribution in [0.25, 0.3) is 0 Å². The van der Waals surface area contributed by atoms with Gasteiger partial charge in [0.05, 0.1) is 25.2 Å². The Morgan fingerprint density at radius 3 is 1.41 bits per heavy atom. The average Bonchev–Trinajstić information content (AvgIpc) is 3.25. The minimum Gasteiger partial charge on any atom is -0.462 e. The van der Waals surface area contributed by atoms with Crippen LogP contribution < -0.4 is 5.32 Å². The quantitative estimate of drug-likeness (QED) is 0.0322. The van der Waals surface area contributed by atoms with Gasteiger partial charge in [-0.3, -0.25) is 9.59 Å². The lowest BCUT2D eigenvalue weighted by atomic mass is 10.0. The van der Waals surface area contributed by atoms with E-state index < -0.39 is 18.2 Å². The molecular formula is C55H99NO5. The smallest absolute Gasteiger partial charge is 0.306 e. The highest BCUT2D eigenvalue weighted by Crippen LogP contribution is 2.17. The van der Waals surface area contributed by atoms with Gasteiger partial charge < -0.3 is 20.3 Å². The molecule has 0 rings (SSSR count). The molecule has 0 fully saturated rings. The van der Waals surface area contributed by atoms with Crippen LogP contribution in [0.3, 0.4) is 0 Å². The summed E-state index contributed by atoms with van der Waals surface area (Å²) < 4.78 is 5.91. The van der Waals surface area contributed by atoms with Crippen molar-refractivity contribution in [2.75, 3.05) is 6.61 Å². The predicted molar refractivity (Wildman–Crippen MR) is 264 cm³/mol. The van der Waals surface area contributed by atoms with E-state index in [1.807, 2.05) is 0 Å². The molecule has 354 valence electrons. The molecule has 0 saturated carbocycles. The van der Waals surface area contributed by atoms with Crippen LogP contribution in [0, 0.1) is 0 Å². The molecule has 0 spiro atoms. The Bertz CT molecular complexity index is 1090. The number of esters is 1. The molecule has 6 nitrogen and oxygen atoms in total. The molecule has 3 unspecified atom stereocenters. The van der Waals surface area contributed by atoms with Gasteiger partial charge in [0.15, 0.2) is 0 Å². The van der Waals surface area contributed by atoms with Crippen LogP contribution in [0.15, 0.2) is 60.8 Å². The van der Waals surface area contributed by atoms with Gasteiger partial charge in [0.25, 0.3) is 0 Å². The first-order valence-corrected chi connectivity index (χ1v) is 26.0. The highest BCUT2D eigenvalue weighted by Gasteiger charge is 2.24. The number of allylic oxidation sites excluding steroid dienone is 10. The van der Waals surface area contributed by atoms with Crippen molar-refractivity contribution in [3.63, 3.8) is 0 Å². The molecule has 0 aromatic rings. The maximum atomic E-state index is 13.2. The third-order valence-corrected chi connectivity index (χ3v) is 11.6. The lowest BCUT2D eigenvalue weighted by molar-refractivity contribution is -0.151. The lowest BCUT2D eigenvalue weighted by Gasteiger charge is -2.24. The number of ether oxygens (including phenoxy) is 1. The molecule has 0 bridgehead atoms. The second-order valence-electron chi connectivity index (χ2n) is 17.5. The molecule has 3 N–H and O–H groups in total. The maximum absolute atomic E-state index is 13.2. The van der Waals surface area contributed by atoms with Crippen LogP contribution in [0.2, 0.25) is 0 Å². The number of nitrogens with one attached hydrogen (secondary N) is 1. The normalized spacial score (nSPS) is 13.7. The second kappa shape index (κ2) is 48.6. The Morgan fingerprint density at radius 1 is 0.492 bits per heavy atom. The first kappa shape index (κ1) is 58.6. The maximum Gasteiger partial charge on any atom is 0.306 e. The minimum atomic E-state index is -0.803. The number of hydrogen-bond donors (Lipinski definition) is 3. The summed E-state index contributed by atoms with van der Waals surface area (Å²) >= 11 is 0. The summed E-state index contributed by atoms with van der Waals surface area (Å²) in [6.07, 6.45) is 60.0. The molecule has 0 saturated heterocycles. The average molecular weight is 854 g/mol. The Labute approximate surface area is 378 Å². The van der Waals surface area contributed by atoms with Crippen molar-refractivity contribution in [2.45, 2.75) is 270 Å². The minimum absolute atomic E-state index is 0.0377. The van der Waals surface area contributed by atoms with Gasteiger partial charge in [0.2, 0.25) is 5.91 Å². The highest BCUT2D eigenvalue weighted by molar-refractivity contribution is 5.77. The molecule has 3 atom stereocenters. The molecule has 0 aromatic carbocycles. The number of hydrogen-bond acceptors (Lipinski definition) is 5. The van der Waals surface area contributed by atoms with Gasteiger partial charge in [-0.1, -0.05) is 216 Å². The van der Waals surface area contributed by atoms with Gasteiger partial charge in [0, 0.05) is 6.42 Å². The van der Waals surface area contributed by atoms with Gasteiger partial charge in [0.1, 0.15) is 6.10 Å². The summed E-state index contributed by atoms with van der Waals surface area (Å²) in [7, 11) is 0. The molecular weight excluding hydrogens is 755 g/mol. The molecule has 1 amide bonds. The van der Waals surface area contributed by atoms with Crippen molar-refractivity contribution in [3.8, 4) is 0 Å². The van der Waals surface area contributed by atoms with Crippen molar-refractivity contribution in [1.82, 2.24) is 5.32 Å². The fraction of sp³-hybridized carbons (Fsp3) is 0.782. The zero-order valence-electron chi connectivity index (χ0n) is 40.3. The van der Waals surface area contributed by atoms with E-state index in [1.165, 1.54) is 128 Å². The number of unbranched alkanes of at least 4 members (excludes halogenated alkanes) is 24. The number of aliphatic hydroxyl groups excluding tert-OH is 2. The van der Waals surface area contributed by atoms with Crippen molar-refractivity contribution in [1.29, 1.82) is 0 Å². The first-order chi connectivity index (χ1) is 30.0. The van der Waals surface area contributed by atoms with Crippen molar-refractivity contribution in [3.05, 3.63) is 60.8 Å². The molecule has 61 heavy (non-hydrogen) atoms. The van der Waals surface area contributed by atoms with Crippen LogP contribution in [0.1, 0.15) is 252 Å². The zero-order valence-corrected chi connectivity index (χ0v) is 40.3. The molecule has 0 aliphatic heterocycles. The summed E-state index contributed by atoms with van der Waals surface area (Å²) in [5.41, 5.74) is 0. The molecule has 0 radical (unpaired) electrons. The molecule has 0 heterocycles. The van der Waals surface area contributed by atoms with Crippen molar-refractivity contribution >= 4 is 11.9 Å². The van der Waals surface area contributed by atoms with E-state index in [0.29, 0.717) is 19.3 Å². The summed E-state index contributed by atoms with van der Waals surface area (Å²) in [4.78, 5) is 26.1. The summed E-state index contributed by atoms with van der Waals surface area (Å²) in [6.45, 7) is 6.34. The van der Waals surface area contributed by atoms with E-state index in [0.717, 1.165) is 77.0 Å². The largest absolute Gasteiger partial charge is 0.462 e. The third-order valence-electron chi connectivity index (χ3n) is 11.6. The van der Waals surface area contributed by atoms with Crippen molar-refractivity contribution < 1.29 is 24.5 Å². The molecule has 0 aliphatic carbocycles. The lowest BCUT2D eigenvalue weighted by Crippen LogP contribution is -2.46. The Balaban J connectivity index is 4.66. The topological polar surface area (TPSA) is 95.9 Å². The van der Waals surface area contributed by atoms with Crippen LogP contribution in [0.4, 0.5) is 0 Å². The van der Waals surface area contributed by atoms with E-state index in [2.05, 4.69) is 86.8 Å². The second-order valence-corrected chi connectivity index (χ2v) is 17.5. The van der Waals surface area contributed by atoms with Gasteiger partial charge in [-0.05, 0) is 83.5 Å². The van der Waals surface area contributed by atoms with E-state index in [9.17, 15) is 19.8 Å². The fourth-order valence-electron chi connectivity index (χ4n) is 7.66. The molecule has 0 aromatic heterocycles. The van der Waals surface area contributed by atoms with Gasteiger partial charge in [-0.2, -0.15) is 0 Å². The Hall–Kier alpha value is -2.44. The van der Waals surface area contributed by atoms with Gasteiger partial charge >= 0.3 is 5.97 Å². The van der Waals surface area contributed by atoms with Crippen LogP contribution in [0.5, 0.6) is 0 Å². The third kappa shape index (κ3) is 44.0. The first-order valence-electron chi connectivity index (χ1n) is 26.0. The predicted octanol–water partition coefficient (Wildman–Crippen LogP) is 15.6. The number of amides is 1. The van der Waals surface area contributed by atoms with E-state index in [-0.39, 0.29) is 24.9 Å². The van der Waals surface area contributed by atoms with Crippen LogP contribution in [-0.4, -0.2) is 46.9 Å². The monoisotopic (exact) mass is 854 g/mol. The van der Waals surface area contributed by atoms with Crippen LogP contribution >= 0.6 is 0 Å². The zero-order chi connectivity index (χ0) is 44.5. The van der Waals surface area contributed by atoms with Gasteiger partial charge in [-0.15, -0.1) is 0 Å². The number of carbonyl (C=O) groups is 2. The van der Waals surface area contributed by atoms with Gasteiger partial charge in [-0.25, -0.2) is 0 Å².